The minimum atomic E-state index is -0.446. The van der Waals surface area contributed by atoms with Crippen LogP contribution in [0, 0.1) is 6.65 Å². The Labute approximate surface area is 365 Å². The molecule has 1 amide bonds. The molecule has 52 heavy (non-hydrogen) atoms. The molecule has 1 N–H and O–H groups in total. The van der Waals surface area contributed by atoms with Crippen molar-refractivity contribution in [2.24, 2.45) is 0 Å². The van der Waals surface area contributed by atoms with Gasteiger partial charge >= 0.3 is 28.4 Å². The molecular formula is C38H38BrCl6FeN2O2PS. The van der Waals surface area contributed by atoms with E-state index < -0.39 is 7.92 Å². The van der Waals surface area contributed by atoms with Crippen molar-refractivity contribution in [3.63, 3.8) is 0 Å². The third-order valence-corrected chi connectivity index (χ3v) is 10.5. The number of aromatic nitrogens is 1. The maximum Gasteiger partial charge on any atom is 2.00 e. The largest absolute Gasteiger partial charge is 2.00 e. The van der Waals surface area contributed by atoms with E-state index in [9.17, 15) is 4.79 Å². The van der Waals surface area contributed by atoms with E-state index in [0.717, 1.165) is 16.2 Å². The van der Waals surface area contributed by atoms with Crippen LogP contribution < -0.4 is 38.2 Å². The summed E-state index contributed by atoms with van der Waals surface area (Å²) in [6.45, 7) is 4.50. The predicted molar refractivity (Wildman–Crippen MR) is 224 cm³/mol. The summed E-state index contributed by atoms with van der Waals surface area (Å²) in [5.74, 6) is 3.85. The fourth-order valence-corrected chi connectivity index (χ4v) is 6.65. The summed E-state index contributed by atoms with van der Waals surface area (Å²) in [6.07, 6.45) is 3.65. The number of alkyl halides is 6. The van der Waals surface area contributed by atoms with Crippen molar-refractivity contribution >= 4 is 117 Å². The summed E-state index contributed by atoms with van der Waals surface area (Å²) < 4.78 is 7.50. The molecule has 0 fully saturated rings. The molecule has 1 heterocycles. The van der Waals surface area contributed by atoms with Gasteiger partial charge in [0.1, 0.15) is 0 Å². The van der Waals surface area contributed by atoms with Crippen molar-refractivity contribution in [2.75, 3.05) is 46.9 Å². The molecule has 0 radical (unpaired) electrons. The molecule has 0 aliphatic heterocycles. The van der Waals surface area contributed by atoms with Crippen molar-refractivity contribution in [3.8, 4) is 11.3 Å². The molecule has 14 heteroatoms. The van der Waals surface area contributed by atoms with Gasteiger partial charge in [0.25, 0.3) is 0 Å². The Kier molecular flexibility index (Phi) is 41.8. The zero-order valence-corrected chi connectivity index (χ0v) is 37.0. The van der Waals surface area contributed by atoms with Crippen LogP contribution in [0.25, 0.3) is 11.3 Å². The quantitative estimate of drug-likeness (QED) is 0.0297. The van der Waals surface area contributed by atoms with Crippen LogP contribution in [0.3, 0.4) is 0 Å². The topological polar surface area (TPSA) is 61.9 Å². The van der Waals surface area contributed by atoms with Gasteiger partial charge in [0, 0.05) is 45.7 Å². The maximum absolute atomic E-state index is 10.3. The van der Waals surface area contributed by atoms with Crippen LogP contribution in [0.2, 0.25) is 0 Å². The average Bonchev–Trinajstić information content (AvgIpc) is 3.21. The van der Waals surface area contributed by atoms with Crippen molar-refractivity contribution < 1.29 is 43.5 Å². The minimum Gasteiger partial charge on any atom is -0.0622 e. The summed E-state index contributed by atoms with van der Waals surface area (Å²) in [7, 11) is -0.446. The molecule has 0 atom stereocenters. The second-order valence-corrected chi connectivity index (χ2v) is 14.1. The number of pyridine rings is 1. The molecule has 0 saturated carbocycles. The van der Waals surface area contributed by atoms with Crippen LogP contribution >= 0.6 is 89.3 Å². The van der Waals surface area contributed by atoms with Gasteiger partial charge in [-0.3, -0.25) is 0 Å². The summed E-state index contributed by atoms with van der Waals surface area (Å²) >= 11 is 32.0. The second kappa shape index (κ2) is 39.5. The van der Waals surface area contributed by atoms with Crippen LogP contribution in [0.5, 0.6) is 0 Å². The van der Waals surface area contributed by atoms with Crippen LogP contribution in [0.1, 0.15) is 0 Å². The molecule has 5 rings (SSSR count). The first kappa shape index (κ1) is 55.1. The number of hydrogen-bond acceptors (Lipinski definition) is 3. The van der Waals surface area contributed by atoms with Gasteiger partial charge in [-0.05, 0) is 48.0 Å². The van der Waals surface area contributed by atoms with E-state index >= 15 is 0 Å². The molecule has 5 aromatic rings. The number of thioether (sulfide) groups is 1. The van der Waals surface area contributed by atoms with E-state index in [-0.39, 0.29) is 34.1 Å². The first-order valence-corrected chi connectivity index (χ1v) is 20.6. The number of nitrogens with one attached hydrogen (secondary N) is 1. The van der Waals surface area contributed by atoms with E-state index in [2.05, 4.69) is 108 Å². The van der Waals surface area contributed by atoms with Crippen LogP contribution in [-0.2, 0) is 26.5 Å². The van der Waals surface area contributed by atoms with Crippen molar-refractivity contribution in [3.05, 3.63) is 140 Å². The fourth-order valence-electron chi connectivity index (χ4n) is 3.74. The van der Waals surface area contributed by atoms with Crippen molar-refractivity contribution in [1.29, 1.82) is 0 Å². The normalized spacial score (nSPS) is 8.88. The molecule has 4 nitrogen and oxygen atoms in total. The smallest absolute Gasteiger partial charge is 0.0622 e. The molecule has 0 aliphatic carbocycles. The van der Waals surface area contributed by atoms with E-state index in [0.29, 0.717) is 41.1 Å². The first-order chi connectivity index (χ1) is 24.5. The van der Waals surface area contributed by atoms with Crippen LogP contribution in [-0.4, -0.2) is 52.9 Å². The van der Waals surface area contributed by atoms with Crippen LogP contribution in [0.4, 0.5) is 5.82 Å². The molecule has 1 aromatic heterocycles. The summed E-state index contributed by atoms with van der Waals surface area (Å²) in [5, 5.41) is 6.63. The number of rotatable bonds is 10. The number of carbonyl (C=O) groups excluding carboxylic acids is 1. The monoisotopic (exact) mass is 962 g/mol. The number of halogens is 7. The van der Waals surface area contributed by atoms with Gasteiger partial charge in [0.05, 0.1) is 12.1 Å². The van der Waals surface area contributed by atoms with Gasteiger partial charge < -0.3 is 32.1 Å². The van der Waals surface area contributed by atoms with Gasteiger partial charge in [-0.15, -0.1) is 87.4 Å². The summed E-state index contributed by atoms with van der Waals surface area (Å²) in [4.78, 5) is 15.8. The molecule has 0 aliphatic rings. The van der Waals surface area contributed by atoms with Crippen molar-refractivity contribution in [1.82, 2.24) is 4.98 Å². The molecular weight excluding hydrogens is 928 g/mol. The fraction of sp³-hybridized carbons (Fsp3) is 0.184. The Balaban J connectivity index is -0.000000665. The third kappa shape index (κ3) is 24.2. The molecule has 0 unspecified atom stereocenters. The molecule has 0 saturated heterocycles. The first-order valence-electron chi connectivity index (χ1n) is 14.8. The summed E-state index contributed by atoms with van der Waals surface area (Å²) in [6, 6.07) is 45.9. The maximum atomic E-state index is 10.3. The minimum absolute atomic E-state index is 0. The number of anilines is 1. The van der Waals surface area contributed by atoms with Gasteiger partial charge in [0.2, 0.25) is 0 Å². The van der Waals surface area contributed by atoms with E-state index in [1.165, 1.54) is 15.9 Å². The number of benzene rings is 4. The number of nitrogens with zero attached hydrogens (tertiary/aromatic N) is 1. The predicted octanol–water partition coefficient (Wildman–Crippen LogP) is 7.75. The second-order valence-electron chi connectivity index (χ2n) is 8.81. The molecule has 4 aromatic carbocycles. The van der Waals surface area contributed by atoms with E-state index in [1.54, 1.807) is 24.2 Å². The Morgan fingerprint density at radius 3 is 1.33 bits per heavy atom. The number of amides is 1. The van der Waals surface area contributed by atoms with Gasteiger partial charge in [-0.2, -0.15) is 0 Å². The Morgan fingerprint density at radius 1 is 0.615 bits per heavy atom. The van der Waals surface area contributed by atoms with Crippen LogP contribution in [0.15, 0.2) is 138 Å². The average molecular weight is 966 g/mol. The zero-order chi connectivity index (χ0) is 37.2. The molecule has 0 spiro atoms. The standard InChI is InChI=1S/C18H15P.C13H11N2OS.3C2H4Cl2.CO.BrH.Fe/c1-4-10-16(11-5-1)19(17-12-6-2-7-13-17)18-14-8-3-9-15-18;1-17-12-7-3-2-5-10(12)11-6-4-8-13(15-11)14-9-16;3*3-1-2-4;1-2;;/h1-15H;2-8H,1H3,(H,14,15,16);3*1-2H2;;1H;/q;-1;;;;;;+2/p-1. The van der Waals surface area contributed by atoms with Crippen molar-refractivity contribution in [2.45, 2.75) is 4.90 Å². The Hall–Kier alpha value is -1.24. The number of hydrogen-bond donors (Lipinski definition) is 1. The summed E-state index contributed by atoms with van der Waals surface area (Å²) in [5.41, 5.74) is 1.91. The Morgan fingerprint density at radius 2 is 0.981 bits per heavy atom. The molecule has 280 valence electrons. The zero-order valence-electron chi connectivity index (χ0n) is 28.1. The van der Waals surface area contributed by atoms with E-state index in [1.807, 2.05) is 42.7 Å². The Bertz CT molecular complexity index is 1450. The SMILES string of the molecule is CSc1ccccc1-c1cccc(N[C-]=O)n1.ClCCCl.ClCCCl.ClCCCl.[Br-].[C-]#[O+].[Fe+2].c1ccc(P(c2ccccc2)c2ccccc2)cc1. The van der Waals surface area contributed by atoms with Gasteiger partial charge in [-0.1, -0.05) is 115 Å². The van der Waals surface area contributed by atoms with E-state index in [4.69, 9.17) is 74.3 Å². The van der Waals surface area contributed by atoms with Gasteiger partial charge in [0.15, 0.2) is 0 Å². The third-order valence-electron chi connectivity index (χ3n) is 5.57. The molecule has 0 bridgehead atoms. The van der Waals surface area contributed by atoms with Gasteiger partial charge in [-0.25, -0.2) is 0 Å².